The van der Waals surface area contributed by atoms with Crippen molar-refractivity contribution < 1.29 is 4.74 Å². The van der Waals surface area contributed by atoms with Crippen LogP contribution in [0.15, 0.2) is 6.20 Å². The molecule has 1 aromatic heterocycles. The Kier molecular flexibility index (Phi) is 3.49. The van der Waals surface area contributed by atoms with Gasteiger partial charge in [0.25, 0.3) is 0 Å². The highest BCUT2D eigenvalue weighted by Crippen LogP contribution is 2.32. The molecule has 5 nitrogen and oxygen atoms in total. The molecular weight excluding hydrogens is 228 g/mol. The van der Waals surface area contributed by atoms with Crippen molar-refractivity contribution >= 4 is 11.6 Å². The molecule has 0 aliphatic carbocycles. The van der Waals surface area contributed by atoms with Crippen LogP contribution in [0, 0.1) is 0 Å². The molecule has 0 radical (unpaired) electrons. The molecule has 16 heavy (non-hydrogen) atoms. The Morgan fingerprint density at radius 2 is 2.44 bits per heavy atom. The standard InChI is InChI=1S/C10H17ClN4O/c1-6-3-4-8(16-6)9(14-12)10-7(11)5-13-15(10)2/h5-6,8-9,14H,3-4,12H2,1-2H3. The number of hydrogen-bond acceptors (Lipinski definition) is 4. The summed E-state index contributed by atoms with van der Waals surface area (Å²) in [6, 6.07) is -0.107. The van der Waals surface area contributed by atoms with Crippen LogP contribution in [-0.4, -0.2) is 22.0 Å². The van der Waals surface area contributed by atoms with Gasteiger partial charge in [-0.1, -0.05) is 11.6 Å². The summed E-state index contributed by atoms with van der Waals surface area (Å²) in [5.41, 5.74) is 3.66. The van der Waals surface area contributed by atoms with E-state index >= 15 is 0 Å². The molecule has 0 amide bonds. The zero-order valence-electron chi connectivity index (χ0n) is 9.48. The third kappa shape index (κ3) is 2.08. The van der Waals surface area contributed by atoms with Gasteiger partial charge in [0, 0.05) is 7.05 Å². The molecule has 0 aromatic carbocycles. The molecule has 0 saturated carbocycles. The Morgan fingerprint density at radius 1 is 1.69 bits per heavy atom. The Labute approximate surface area is 99.9 Å². The largest absolute Gasteiger partial charge is 0.373 e. The van der Waals surface area contributed by atoms with Crippen molar-refractivity contribution in [2.75, 3.05) is 0 Å². The quantitative estimate of drug-likeness (QED) is 0.618. The molecule has 1 fully saturated rings. The number of nitrogens with two attached hydrogens (primary N) is 1. The summed E-state index contributed by atoms with van der Waals surface area (Å²) in [4.78, 5) is 0. The van der Waals surface area contributed by atoms with E-state index in [2.05, 4.69) is 17.4 Å². The van der Waals surface area contributed by atoms with E-state index in [0.29, 0.717) is 5.02 Å². The second-order valence-corrected chi connectivity index (χ2v) is 4.62. The second-order valence-electron chi connectivity index (χ2n) is 4.21. The first-order valence-corrected chi connectivity index (χ1v) is 5.80. The fourth-order valence-corrected chi connectivity index (χ4v) is 2.49. The summed E-state index contributed by atoms with van der Waals surface area (Å²) in [6.07, 6.45) is 4.01. The van der Waals surface area contributed by atoms with Crippen LogP contribution in [0.1, 0.15) is 31.5 Å². The smallest absolute Gasteiger partial charge is 0.0905 e. The highest BCUT2D eigenvalue weighted by molar-refractivity contribution is 6.31. The van der Waals surface area contributed by atoms with Gasteiger partial charge in [-0.2, -0.15) is 5.10 Å². The molecule has 0 spiro atoms. The molecule has 3 N–H and O–H groups in total. The monoisotopic (exact) mass is 244 g/mol. The molecule has 1 aromatic rings. The van der Waals surface area contributed by atoms with E-state index in [-0.39, 0.29) is 18.2 Å². The van der Waals surface area contributed by atoms with Crippen LogP contribution in [0.4, 0.5) is 0 Å². The van der Waals surface area contributed by atoms with Gasteiger partial charge in [0.1, 0.15) is 0 Å². The lowest BCUT2D eigenvalue weighted by Gasteiger charge is -2.23. The maximum absolute atomic E-state index is 6.10. The third-order valence-electron chi connectivity index (χ3n) is 3.05. The average Bonchev–Trinajstić information content (AvgIpc) is 2.80. The van der Waals surface area contributed by atoms with Crippen molar-refractivity contribution in [1.82, 2.24) is 15.2 Å². The van der Waals surface area contributed by atoms with E-state index in [0.717, 1.165) is 18.5 Å². The zero-order valence-corrected chi connectivity index (χ0v) is 10.2. The van der Waals surface area contributed by atoms with Gasteiger partial charge in [-0.05, 0) is 19.8 Å². The van der Waals surface area contributed by atoms with Crippen molar-refractivity contribution in [3.05, 3.63) is 16.9 Å². The van der Waals surface area contributed by atoms with Gasteiger partial charge in [0.15, 0.2) is 0 Å². The Hall–Kier alpha value is -0.620. The molecule has 6 heteroatoms. The van der Waals surface area contributed by atoms with Crippen LogP contribution >= 0.6 is 11.6 Å². The lowest BCUT2D eigenvalue weighted by atomic mass is 10.0. The molecule has 90 valence electrons. The van der Waals surface area contributed by atoms with Crippen LogP contribution < -0.4 is 11.3 Å². The number of halogens is 1. The van der Waals surface area contributed by atoms with Crippen molar-refractivity contribution in [3.63, 3.8) is 0 Å². The summed E-state index contributed by atoms with van der Waals surface area (Å²) in [5.74, 6) is 5.60. The summed E-state index contributed by atoms with van der Waals surface area (Å²) < 4.78 is 7.54. The van der Waals surface area contributed by atoms with Crippen LogP contribution in [0.3, 0.4) is 0 Å². The molecule has 1 saturated heterocycles. The number of aryl methyl sites for hydroxylation is 1. The fraction of sp³-hybridized carbons (Fsp3) is 0.700. The minimum Gasteiger partial charge on any atom is -0.373 e. The minimum atomic E-state index is -0.107. The number of nitrogens with one attached hydrogen (secondary N) is 1. The maximum Gasteiger partial charge on any atom is 0.0905 e. The highest BCUT2D eigenvalue weighted by atomic mass is 35.5. The molecule has 1 aliphatic heterocycles. The van der Waals surface area contributed by atoms with Crippen molar-refractivity contribution in [2.24, 2.45) is 12.9 Å². The number of hydrazine groups is 1. The molecule has 2 rings (SSSR count). The van der Waals surface area contributed by atoms with Crippen molar-refractivity contribution in [2.45, 2.75) is 38.0 Å². The predicted molar refractivity (Wildman–Crippen MR) is 61.9 cm³/mol. The third-order valence-corrected chi connectivity index (χ3v) is 3.34. The first-order chi connectivity index (χ1) is 7.63. The van der Waals surface area contributed by atoms with Gasteiger partial charge < -0.3 is 4.74 Å². The highest BCUT2D eigenvalue weighted by Gasteiger charge is 2.33. The summed E-state index contributed by atoms with van der Waals surface area (Å²) in [7, 11) is 1.85. The lowest BCUT2D eigenvalue weighted by molar-refractivity contribution is 0.0298. The van der Waals surface area contributed by atoms with E-state index in [9.17, 15) is 0 Å². The molecule has 1 aliphatic rings. The van der Waals surface area contributed by atoms with Gasteiger partial charge in [0.2, 0.25) is 0 Å². The van der Waals surface area contributed by atoms with Crippen LogP contribution in [0.5, 0.6) is 0 Å². The number of rotatable bonds is 3. The maximum atomic E-state index is 6.10. The Balaban J connectivity index is 2.22. The Morgan fingerprint density at radius 3 is 2.88 bits per heavy atom. The molecule has 0 bridgehead atoms. The number of nitrogens with zero attached hydrogens (tertiary/aromatic N) is 2. The van der Waals surface area contributed by atoms with E-state index < -0.39 is 0 Å². The summed E-state index contributed by atoms with van der Waals surface area (Å²) in [5, 5.41) is 4.73. The first-order valence-electron chi connectivity index (χ1n) is 5.42. The van der Waals surface area contributed by atoms with E-state index in [1.807, 2.05) is 7.05 Å². The average molecular weight is 245 g/mol. The fourth-order valence-electron chi connectivity index (χ4n) is 2.21. The predicted octanol–water partition coefficient (Wildman–Crippen LogP) is 1.15. The van der Waals surface area contributed by atoms with Crippen molar-refractivity contribution in [1.29, 1.82) is 0 Å². The van der Waals surface area contributed by atoms with E-state index in [1.54, 1.807) is 10.9 Å². The number of ether oxygens (including phenoxy) is 1. The van der Waals surface area contributed by atoms with E-state index in [4.69, 9.17) is 22.2 Å². The van der Waals surface area contributed by atoms with Crippen LogP contribution in [-0.2, 0) is 11.8 Å². The molecule has 3 atom stereocenters. The van der Waals surface area contributed by atoms with Gasteiger partial charge in [-0.3, -0.25) is 10.5 Å². The topological polar surface area (TPSA) is 65.1 Å². The van der Waals surface area contributed by atoms with Gasteiger partial charge in [-0.25, -0.2) is 5.43 Å². The zero-order chi connectivity index (χ0) is 11.7. The van der Waals surface area contributed by atoms with Gasteiger partial charge in [-0.15, -0.1) is 0 Å². The van der Waals surface area contributed by atoms with Gasteiger partial charge in [0.05, 0.1) is 35.2 Å². The number of hydrogen-bond donors (Lipinski definition) is 2. The first kappa shape index (κ1) is 11.9. The normalized spacial score (nSPS) is 27.2. The van der Waals surface area contributed by atoms with Crippen LogP contribution in [0.25, 0.3) is 0 Å². The second kappa shape index (κ2) is 4.71. The summed E-state index contributed by atoms with van der Waals surface area (Å²) in [6.45, 7) is 2.07. The summed E-state index contributed by atoms with van der Waals surface area (Å²) >= 11 is 6.10. The number of aromatic nitrogens is 2. The van der Waals surface area contributed by atoms with Crippen LogP contribution in [0.2, 0.25) is 5.02 Å². The Bertz CT molecular complexity index is 348. The lowest BCUT2D eigenvalue weighted by Crippen LogP contribution is -2.38. The van der Waals surface area contributed by atoms with Crippen molar-refractivity contribution in [3.8, 4) is 0 Å². The minimum absolute atomic E-state index is 0.0629. The molecule has 3 unspecified atom stereocenters. The molecular formula is C10H17ClN4O. The van der Waals surface area contributed by atoms with Gasteiger partial charge >= 0.3 is 0 Å². The SMILES string of the molecule is CC1CCC(C(NN)c2c(Cl)cnn2C)O1. The van der Waals surface area contributed by atoms with E-state index in [1.165, 1.54) is 0 Å². The molecule has 2 heterocycles.